The molecule has 5 nitrogen and oxygen atoms in total. The molecule has 0 atom stereocenters. The first-order chi connectivity index (χ1) is 4.27. The predicted molar refractivity (Wildman–Crippen MR) is 20.6 cm³/mol. The number of rotatable bonds is 1. The Morgan fingerprint density at radius 2 is 1.67 bits per heavy atom. The van der Waals surface area contributed by atoms with Crippen LogP contribution in [0.2, 0.25) is 0 Å². The van der Waals surface area contributed by atoms with Crippen molar-refractivity contribution >= 4 is 17.8 Å². The van der Waals surface area contributed by atoms with E-state index >= 15 is 0 Å². The van der Waals surface area contributed by atoms with Crippen molar-refractivity contribution in [3.8, 4) is 0 Å². The zero-order chi connectivity index (χ0) is 8.28. The van der Waals surface area contributed by atoms with Gasteiger partial charge < -0.3 is 20.3 Å². The van der Waals surface area contributed by atoms with E-state index in [4.69, 9.17) is 17.4 Å². The van der Waals surface area contributed by atoms with Gasteiger partial charge in [-0.15, -0.1) is 0 Å². The molecule has 0 aromatic carbocycles. The molecule has 0 spiro atoms. The quantitative estimate of drug-likeness (QED) is 0.521. The molecule has 0 aliphatic heterocycles. The summed E-state index contributed by atoms with van der Waals surface area (Å²) in [5.74, 6) is -1.22. The molecular weight excluding hydrogens is 229 g/mol. The van der Waals surface area contributed by atoms with Gasteiger partial charge in [0.15, 0.2) is 0 Å². The molecule has 0 aromatic heterocycles. The van der Waals surface area contributed by atoms with E-state index in [0.29, 0.717) is 24.7 Å². The first-order valence-corrected chi connectivity index (χ1v) is 2.84. The van der Waals surface area contributed by atoms with Crippen molar-refractivity contribution in [2.75, 3.05) is 6.54 Å². The Labute approximate surface area is 72.3 Å². The molecule has 0 heterocycles. The van der Waals surface area contributed by atoms with Crippen LogP contribution >= 0.6 is 11.9 Å². The molecule has 0 fully saturated rings. The van der Waals surface area contributed by atoms with E-state index in [1.807, 2.05) is 0 Å². The normalized spacial score (nSPS) is 5.44. The Balaban J connectivity index is -0.0000000771. The van der Waals surface area contributed by atoms with Gasteiger partial charge in [-0.2, -0.15) is 0 Å². The van der Waals surface area contributed by atoms with Crippen LogP contribution in [0, 0.1) is 0 Å². The Bertz CT molecular complexity index is 62.5. The molecule has 9 heavy (non-hydrogen) atoms. The second kappa shape index (κ2) is 23.8. The third-order valence-corrected chi connectivity index (χ3v) is 0.167. The number of hydrogen-bond acceptors (Lipinski definition) is 5. The first-order valence-electron chi connectivity index (χ1n) is 1.53. The average Bonchev–Trinajstić information content (AvgIpc) is 1.97. The molecule has 7 heteroatoms. The van der Waals surface area contributed by atoms with E-state index in [2.05, 4.69) is 17.6 Å². The van der Waals surface area contributed by atoms with Crippen molar-refractivity contribution < 1.29 is 42.1 Å². The maximum absolute atomic E-state index is 9.13. The van der Waals surface area contributed by atoms with Gasteiger partial charge in [-0.1, -0.05) is 0 Å². The Hall–Kier alpha value is 0.363. The molecule has 0 saturated carbocycles. The minimum atomic E-state index is -1.22. The van der Waals surface area contributed by atoms with Gasteiger partial charge in [-0.3, -0.25) is 0 Å². The van der Waals surface area contributed by atoms with Crippen molar-refractivity contribution in [3.05, 3.63) is 0 Å². The molecule has 0 aliphatic carbocycles. The van der Waals surface area contributed by atoms with E-state index in [1.165, 1.54) is 0 Å². The summed E-state index contributed by atoms with van der Waals surface area (Å²) in [5, 5.41) is 9.13. The van der Waals surface area contributed by atoms with Gasteiger partial charge in [-0.25, -0.2) is 11.9 Å². The van der Waals surface area contributed by atoms with Crippen LogP contribution in [0.4, 0.5) is 0 Å². The fourth-order valence-electron chi connectivity index (χ4n) is 0. The van der Waals surface area contributed by atoms with Crippen LogP contribution < -0.4 is 15.5 Å². The van der Waals surface area contributed by atoms with Crippen LogP contribution in [-0.2, 0) is 32.3 Å². The fraction of sp³-hybridized carbons (Fsp3) is 0.500. The summed E-state index contributed by atoms with van der Waals surface area (Å²) in [4.78, 5) is 9.13. The third-order valence-electron chi connectivity index (χ3n) is 0.167. The van der Waals surface area contributed by atoms with Gasteiger partial charge in [0.2, 0.25) is 0 Å². The molecule has 0 amide bonds. The standard InChI is InChI=1S/C2H5NO2.ClO.O.Zr/c3-1-2(4)5;1-2;;/h1,3H2,(H,4,5);;;/q;-1;;+2/p-1. The summed E-state index contributed by atoms with van der Waals surface area (Å²) in [6.45, 7) is -0.389. The minimum absolute atomic E-state index is 0.300. The van der Waals surface area contributed by atoms with Gasteiger partial charge in [0, 0.05) is 6.54 Å². The van der Waals surface area contributed by atoms with Crippen molar-refractivity contribution in [1.29, 1.82) is 0 Å². The second-order valence-corrected chi connectivity index (χ2v) is 0.576. The molecule has 2 N–H and O–H groups in total. The van der Waals surface area contributed by atoms with Crippen LogP contribution in [0.15, 0.2) is 0 Å². The van der Waals surface area contributed by atoms with Crippen molar-refractivity contribution in [2.24, 2.45) is 5.73 Å². The number of nitrogens with two attached hydrogens (primary N) is 1. The van der Waals surface area contributed by atoms with Gasteiger partial charge in [0.25, 0.3) is 0 Å². The molecular formula is C2H4ClNO4Zr. The third kappa shape index (κ3) is 60.6. The number of carbonyl (C=O) groups excluding carboxylic acids is 1. The van der Waals surface area contributed by atoms with Gasteiger partial charge in [0.05, 0.1) is 5.97 Å². The van der Waals surface area contributed by atoms with E-state index in [-0.39, 0.29) is 6.54 Å². The Morgan fingerprint density at radius 3 is 1.67 bits per heavy atom. The Morgan fingerprint density at radius 1 is 1.56 bits per heavy atom. The number of halogens is 1. The maximum atomic E-state index is 9.13. The number of carboxylic acids is 1. The molecule has 0 bridgehead atoms. The monoisotopic (exact) mass is 231 g/mol. The topological polar surface area (TPSA) is 106 Å². The van der Waals surface area contributed by atoms with Crippen LogP contribution in [0.1, 0.15) is 0 Å². The van der Waals surface area contributed by atoms with Crippen LogP contribution in [0.25, 0.3) is 0 Å². The second-order valence-electron chi connectivity index (χ2n) is 0.576. The van der Waals surface area contributed by atoms with Crippen molar-refractivity contribution in [2.45, 2.75) is 0 Å². The SMILES string of the molecule is NCC(=O)[O-].[O-]Cl.[O]=[Zr+2]. The Kier molecular flexibility index (Phi) is 42.8. The van der Waals surface area contributed by atoms with Crippen molar-refractivity contribution in [3.63, 3.8) is 0 Å². The summed E-state index contributed by atoms with van der Waals surface area (Å²) in [6, 6.07) is 0. The molecule has 52 valence electrons. The predicted octanol–water partition coefficient (Wildman–Crippen LogP) is -2.93. The van der Waals surface area contributed by atoms with Crippen molar-refractivity contribution in [1.82, 2.24) is 0 Å². The van der Waals surface area contributed by atoms with Gasteiger partial charge in [0.1, 0.15) is 0 Å². The van der Waals surface area contributed by atoms with E-state index in [9.17, 15) is 0 Å². The van der Waals surface area contributed by atoms with Crippen LogP contribution in [0.5, 0.6) is 0 Å². The average molecular weight is 233 g/mol. The summed E-state index contributed by atoms with van der Waals surface area (Å²) in [5.41, 5.74) is 4.51. The summed E-state index contributed by atoms with van der Waals surface area (Å²) in [7, 11) is 0. The van der Waals surface area contributed by atoms with E-state index in [1.54, 1.807) is 0 Å². The van der Waals surface area contributed by atoms with E-state index in [0.717, 1.165) is 0 Å². The number of hydrogen-bond donors (Lipinski definition) is 1. The first kappa shape index (κ1) is 16.2. The fourth-order valence-corrected chi connectivity index (χ4v) is 0. The number of carbonyl (C=O) groups is 1. The summed E-state index contributed by atoms with van der Waals surface area (Å²) < 4.78 is 16.1. The molecule has 0 aromatic rings. The number of aliphatic carboxylic acids is 1. The van der Waals surface area contributed by atoms with Crippen LogP contribution in [-0.4, -0.2) is 12.5 Å². The molecule has 0 saturated heterocycles. The molecule has 0 radical (unpaired) electrons. The zero-order valence-corrected chi connectivity index (χ0v) is 7.51. The molecule has 0 unspecified atom stereocenters. The molecule has 0 aliphatic rings. The van der Waals surface area contributed by atoms with Gasteiger partial charge >= 0.3 is 27.5 Å². The van der Waals surface area contributed by atoms with Crippen LogP contribution in [0.3, 0.4) is 0 Å². The number of carboxylic acid groups (broad SMARTS) is 1. The summed E-state index contributed by atoms with van der Waals surface area (Å²) >= 11 is 3.69. The zero-order valence-electron chi connectivity index (χ0n) is 4.30. The van der Waals surface area contributed by atoms with E-state index < -0.39 is 5.97 Å². The molecule has 0 rings (SSSR count). The summed E-state index contributed by atoms with van der Waals surface area (Å²) in [6.07, 6.45) is 0. The van der Waals surface area contributed by atoms with Gasteiger partial charge in [-0.05, 0) is 0 Å².